The maximum atomic E-state index is 13.4. The van der Waals surface area contributed by atoms with Crippen molar-refractivity contribution in [3.8, 4) is 0 Å². The van der Waals surface area contributed by atoms with Crippen LogP contribution in [0.1, 0.15) is 35.0 Å². The van der Waals surface area contributed by atoms with Crippen molar-refractivity contribution in [3.63, 3.8) is 0 Å². The second-order valence-corrected chi connectivity index (χ2v) is 7.33. The number of fused-ring (bicyclic) bond motifs is 1. The first kappa shape index (κ1) is 15.2. The molecule has 118 valence electrons. The van der Waals surface area contributed by atoms with Crippen molar-refractivity contribution in [3.05, 3.63) is 46.5 Å². The van der Waals surface area contributed by atoms with Gasteiger partial charge in [0.05, 0.1) is 11.4 Å². The largest absolute Gasteiger partial charge is 0.271 e. The minimum atomic E-state index is -3.70. The van der Waals surface area contributed by atoms with E-state index >= 15 is 0 Å². The Morgan fingerprint density at radius 1 is 1.36 bits per heavy atom. The number of hydrogen-bond acceptors (Lipinski definition) is 3. The fraction of sp³-hybridized carbons (Fsp3) is 0.400. The molecule has 0 fully saturated rings. The Morgan fingerprint density at radius 2 is 2.09 bits per heavy atom. The summed E-state index contributed by atoms with van der Waals surface area (Å²) < 4.78 is 43.0. The van der Waals surface area contributed by atoms with Gasteiger partial charge in [0.1, 0.15) is 10.7 Å². The van der Waals surface area contributed by atoms with Crippen molar-refractivity contribution >= 4 is 10.0 Å². The summed E-state index contributed by atoms with van der Waals surface area (Å²) in [6.45, 7) is 3.39. The molecular formula is C15H18FN3O2S. The first-order valence-electron chi connectivity index (χ1n) is 7.10. The molecule has 5 nitrogen and oxygen atoms in total. The number of hydrogen-bond donors (Lipinski definition) is 1. The van der Waals surface area contributed by atoms with E-state index in [0.29, 0.717) is 17.8 Å². The minimum absolute atomic E-state index is 0.208. The van der Waals surface area contributed by atoms with Gasteiger partial charge in [-0.25, -0.2) is 17.5 Å². The number of halogens is 1. The number of nitrogens with one attached hydrogen (secondary N) is 1. The molecule has 7 heteroatoms. The molecule has 0 aliphatic heterocycles. The van der Waals surface area contributed by atoms with E-state index in [0.717, 1.165) is 17.5 Å². The molecule has 1 aliphatic rings. The van der Waals surface area contributed by atoms with Gasteiger partial charge in [-0.15, -0.1) is 0 Å². The smallest absolute Gasteiger partial charge is 0.244 e. The molecule has 0 saturated carbocycles. The highest BCUT2D eigenvalue weighted by Gasteiger charge is 2.31. The van der Waals surface area contributed by atoms with Gasteiger partial charge in [-0.1, -0.05) is 6.07 Å². The number of benzene rings is 1. The van der Waals surface area contributed by atoms with Gasteiger partial charge >= 0.3 is 0 Å². The van der Waals surface area contributed by atoms with Gasteiger partial charge < -0.3 is 0 Å². The molecule has 1 aromatic heterocycles. The molecule has 1 atom stereocenters. The molecule has 0 bridgehead atoms. The van der Waals surface area contributed by atoms with Crippen LogP contribution in [0, 0.1) is 19.7 Å². The van der Waals surface area contributed by atoms with Crippen LogP contribution in [0.15, 0.2) is 23.1 Å². The van der Waals surface area contributed by atoms with Crippen LogP contribution in [0.4, 0.5) is 4.39 Å². The molecule has 1 heterocycles. The third-order valence-electron chi connectivity index (χ3n) is 4.19. The molecule has 0 radical (unpaired) electrons. The summed E-state index contributed by atoms with van der Waals surface area (Å²) in [5.74, 6) is -0.349. The second kappa shape index (κ2) is 5.17. The van der Waals surface area contributed by atoms with E-state index in [4.69, 9.17) is 0 Å². The average Bonchev–Trinajstić information content (AvgIpc) is 2.91. The number of aryl methyl sites for hydroxylation is 3. The van der Waals surface area contributed by atoms with Crippen molar-refractivity contribution < 1.29 is 12.8 Å². The van der Waals surface area contributed by atoms with Gasteiger partial charge in [0.25, 0.3) is 0 Å². The lowest BCUT2D eigenvalue weighted by Gasteiger charge is -2.15. The van der Waals surface area contributed by atoms with Gasteiger partial charge in [0.2, 0.25) is 10.0 Å². The molecule has 22 heavy (non-hydrogen) atoms. The maximum Gasteiger partial charge on any atom is 0.244 e. The molecule has 0 amide bonds. The van der Waals surface area contributed by atoms with Crippen molar-refractivity contribution in [1.82, 2.24) is 14.5 Å². The monoisotopic (exact) mass is 323 g/mol. The highest BCUT2D eigenvalue weighted by Crippen LogP contribution is 2.33. The Morgan fingerprint density at radius 3 is 2.73 bits per heavy atom. The fourth-order valence-electron chi connectivity index (χ4n) is 3.08. The topological polar surface area (TPSA) is 64.0 Å². The Labute approximate surface area is 129 Å². The zero-order valence-electron chi connectivity index (χ0n) is 12.7. The van der Waals surface area contributed by atoms with Crippen molar-refractivity contribution in [2.75, 3.05) is 0 Å². The van der Waals surface area contributed by atoms with Crippen molar-refractivity contribution in [1.29, 1.82) is 0 Å². The lowest BCUT2D eigenvalue weighted by molar-refractivity contribution is 0.551. The van der Waals surface area contributed by atoms with Crippen molar-refractivity contribution in [2.45, 2.75) is 37.6 Å². The summed E-state index contributed by atoms with van der Waals surface area (Å²) >= 11 is 0. The Hall–Kier alpha value is -1.73. The van der Waals surface area contributed by atoms with Crippen molar-refractivity contribution in [2.24, 2.45) is 7.05 Å². The predicted molar refractivity (Wildman–Crippen MR) is 80.5 cm³/mol. The van der Waals surface area contributed by atoms with Crippen LogP contribution >= 0.6 is 0 Å². The first-order chi connectivity index (χ1) is 10.3. The van der Waals surface area contributed by atoms with E-state index in [-0.39, 0.29) is 10.7 Å². The zero-order valence-corrected chi connectivity index (χ0v) is 13.5. The summed E-state index contributed by atoms with van der Waals surface area (Å²) in [4.78, 5) is 0.208. The number of rotatable bonds is 3. The highest BCUT2D eigenvalue weighted by molar-refractivity contribution is 7.89. The van der Waals surface area contributed by atoms with Gasteiger partial charge in [-0.05, 0) is 49.9 Å². The van der Waals surface area contributed by atoms with E-state index in [1.807, 2.05) is 0 Å². The van der Waals surface area contributed by atoms with E-state index < -0.39 is 16.1 Å². The SMILES string of the molecule is Cc1nn(C)c(C)c1S(=O)(=O)NC1CCc2ccc(F)cc21. The number of aromatic nitrogens is 2. The maximum absolute atomic E-state index is 13.4. The molecule has 1 aliphatic carbocycles. The van der Waals surface area contributed by atoms with Gasteiger partial charge in [-0.2, -0.15) is 5.10 Å². The molecule has 0 spiro atoms. The standard InChI is InChI=1S/C15H18FN3O2S/c1-9-15(10(2)19(3)17-9)22(20,21)18-14-7-5-11-4-6-12(16)8-13(11)14/h4,6,8,14,18H,5,7H2,1-3H3. The summed E-state index contributed by atoms with van der Waals surface area (Å²) in [5.41, 5.74) is 2.77. The molecule has 0 saturated heterocycles. The Kier molecular flexibility index (Phi) is 3.57. The van der Waals surface area contributed by atoms with Crippen LogP contribution in [-0.2, 0) is 23.5 Å². The van der Waals surface area contributed by atoms with Crippen LogP contribution in [0.3, 0.4) is 0 Å². The van der Waals surface area contributed by atoms with E-state index in [1.54, 1.807) is 31.6 Å². The first-order valence-corrected chi connectivity index (χ1v) is 8.59. The quantitative estimate of drug-likeness (QED) is 0.941. The van der Waals surface area contributed by atoms with Gasteiger partial charge in [0, 0.05) is 13.1 Å². The zero-order chi connectivity index (χ0) is 16.1. The summed E-state index contributed by atoms with van der Waals surface area (Å²) in [5, 5.41) is 4.15. The van der Waals surface area contributed by atoms with E-state index in [9.17, 15) is 12.8 Å². The molecule has 3 rings (SSSR count). The fourth-order valence-corrected chi connectivity index (χ4v) is 4.77. The molecule has 1 unspecified atom stereocenters. The number of nitrogens with zero attached hydrogens (tertiary/aromatic N) is 2. The van der Waals surface area contributed by atoms with Crippen LogP contribution in [0.5, 0.6) is 0 Å². The lowest BCUT2D eigenvalue weighted by atomic mass is 10.1. The van der Waals surface area contributed by atoms with Crippen LogP contribution in [0.2, 0.25) is 0 Å². The van der Waals surface area contributed by atoms with Crippen LogP contribution < -0.4 is 4.72 Å². The summed E-state index contributed by atoms with van der Waals surface area (Å²) in [6.07, 6.45) is 1.38. The molecule has 1 aromatic carbocycles. The van der Waals surface area contributed by atoms with Gasteiger partial charge in [-0.3, -0.25) is 4.68 Å². The highest BCUT2D eigenvalue weighted by atomic mass is 32.2. The minimum Gasteiger partial charge on any atom is -0.271 e. The normalized spacial score (nSPS) is 17.7. The Balaban J connectivity index is 1.96. The third-order valence-corrected chi connectivity index (χ3v) is 5.92. The van der Waals surface area contributed by atoms with Crippen LogP contribution in [0.25, 0.3) is 0 Å². The van der Waals surface area contributed by atoms with E-state index in [2.05, 4.69) is 9.82 Å². The average molecular weight is 323 g/mol. The summed E-state index contributed by atoms with van der Waals surface area (Å²) in [6, 6.07) is 4.15. The third kappa shape index (κ3) is 2.44. The summed E-state index contributed by atoms with van der Waals surface area (Å²) in [7, 11) is -1.99. The van der Waals surface area contributed by atoms with E-state index in [1.165, 1.54) is 12.1 Å². The lowest BCUT2D eigenvalue weighted by Crippen LogP contribution is -2.28. The second-order valence-electron chi connectivity index (χ2n) is 5.68. The Bertz CT molecular complexity index is 843. The van der Waals surface area contributed by atoms with Gasteiger partial charge in [0.15, 0.2) is 0 Å². The number of sulfonamides is 1. The van der Waals surface area contributed by atoms with Crippen LogP contribution in [-0.4, -0.2) is 18.2 Å². The molecule has 1 N–H and O–H groups in total. The molecule has 2 aromatic rings. The predicted octanol–water partition coefficient (Wildman–Crippen LogP) is 2.14. The molecular weight excluding hydrogens is 305 g/mol.